The highest BCUT2D eigenvalue weighted by Crippen LogP contribution is 2.12. The highest BCUT2D eigenvalue weighted by atomic mass is 16.3. The van der Waals surface area contributed by atoms with Gasteiger partial charge in [0.05, 0.1) is 18.1 Å². The highest BCUT2D eigenvalue weighted by molar-refractivity contribution is 5.93. The Hall–Kier alpha value is -3.09. The van der Waals surface area contributed by atoms with Crippen molar-refractivity contribution in [1.29, 1.82) is 0 Å². The Bertz CT molecular complexity index is 732. The zero-order chi connectivity index (χ0) is 17.6. The maximum absolute atomic E-state index is 12.5. The normalized spacial score (nSPS) is 14.2. The minimum absolute atomic E-state index is 0.125. The Morgan fingerprint density at radius 3 is 2.44 bits per heavy atom. The van der Waals surface area contributed by atoms with Gasteiger partial charge < -0.3 is 19.5 Å². The molecule has 2 amide bonds. The first kappa shape index (κ1) is 16.8. The molecule has 0 spiro atoms. The van der Waals surface area contributed by atoms with Crippen molar-refractivity contribution in [3.63, 3.8) is 0 Å². The second kappa shape index (κ2) is 7.65. The van der Waals surface area contributed by atoms with Crippen LogP contribution in [0.25, 0.3) is 0 Å². The number of carbonyl (C=O) groups is 2. The van der Waals surface area contributed by atoms with Gasteiger partial charge in [0.25, 0.3) is 11.8 Å². The van der Waals surface area contributed by atoms with Gasteiger partial charge in [-0.1, -0.05) is 6.08 Å². The first-order valence-electron chi connectivity index (χ1n) is 8.12. The summed E-state index contributed by atoms with van der Waals surface area (Å²) in [6.07, 6.45) is 4.86. The monoisotopic (exact) mass is 340 g/mol. The molecule has 130 valence electrons. The molecule has 0 bridgehead atoms. The number of nitrogens with one attached hydrogen (secondary N) is 1. The lowest BCUT2D eigenvalue weighted by Crippen LogP contribution is -2.50. The third-order valence-corrected chi connectivity index (χ3v) is 4.02. The summed E-state index contributed by atoms with van der Waals surface area (Å²) in [5, 5.41) is 3.11. The number of pyridine rings is 1. The Balaban J connectivity index is 1.56. The Kier molecular flexibility index (Phi) is 5.13. The number of piperazine rings is 1. The molecule has 3 heterocycles. The van der Waals surface area contributed by atoms with Crippen molar-refractivity contribution in [3.8, 4) is 0 Å². The van der Waals surface area contributed by atoms with E-state index >= 15 is 0 Å². The molecule has 7 heteroatoms. The highest BCUT2D eigenvalue weighted by Gasteiger charge is 2.27. The van der Waals surface area contributed by atoms with E-state index < -0.39 is 0 Å². The average molecular weight is 340 g/mol. The summed E-state index contributed by atoms with van der Waals surface area (Å²) in [7, 11) is 0. The van der Waals surface area contributed by atoms with Crippen molar-refractivity contribution < 1.29 is 14.0 Å². The van der Waals surface area contributed by atoms with E-state index in [1.165, 1.54) is 6.26 Å². The van der Waals surface area contributed by atoms with Crippen molar-refractivity contribution in [2.75, 3.05) is 38.0 Å². The standard InChI is InChI=1S/C18H20N4O3/c1-2-7-19-14-5-6-15(20-13-14)17(23)21-8-10-22(11-9-21)18(24)16-4-3-12-25-16/h2-6,12-13,19H,1,7-11H2. The van der Waals surface area contributed by atoms with Gasteiger partial charge in [-0.25, -0.2) is 4.98 Å². The number of aromatic nitrogens is 1. The van der Waals surface area contributed by atoms with Crippen LogP contribution in [0.2, 0.25) is 0 Å². The molecule has 0 aliphatic carbocycles. The average Bonchev–Trinajstić information content (AvgIpc) is 3.20. The van der Waals surface area contributed by atoms with Gasteiger partial charge in [-0.2, -0.15) is 0 Å². The van der Waals surface area contributed by atoms with Crippen LogP contribution in [0, 0.1) is 0 Å². The molecule has 0 unspecified atom stereocenters. The zero-order valence-electron chi connectivity index (χ0n) is 13.9. The molecule has 2 aromatic rings. The summed E-state index contributed by atoms with van der Waals surface area (Å²) in [6, 6.07) is 6.85. The van der Waals surface area contributed by atoms with Crippen LogP contribution in [0.1, 0.15) is 21.0 Å². The summed E-state index contributed by atoms with van der Waals surface area (Å²) in [4.78, 5) is 32.4. The van der Waals surface area contributed by atoms with Gasteiger partial charge in [-0.15, -0.1) is 6.58 Å². The summed E-state index contributed by atoms with van der Waals surface area (Å²) in [5.41, 5.74) is 1.24. The van der Waals surface area contributed by atoms with Crippen LogP contribution in [0.5, 0.6) is 0 Å². The number of nitrogens with zero attached hydrogens (tertiary/aromatic N) is 3. The molecule has 1 aliphatic rings. The van der Waals surface area contributed by atoms with Crippen molar-refractivity contribution in [2.45, 2.75) is 0 Å². The van der Waals surface area contributed by atoms with E-state index in [9.17, 15) is 9.59 Å². The van der Waals surface area contributed by atoms with Gasteiger partial charge in [0.15, 0.2) is 5.76 Å². The molecule has 7 nitrogen and oxygen atoms in total. The number of anilines is 1. The third kappa shape index (κ3) is 3.88. The summed E-state index contributed by atoms with van der Waals surface area (Å²) < 4.78 is 5.14. The predicted molar refractivity (Wildman–Crippen MR) is 93.4 cm³/mol. The quantitative estimate of drug-likeness (QED) is 0.841. The van der Waals surface area contributed by atoms with E-state index in [1.54, 1.807) is 40.3 Å². The van der Waals surface area contributed by atoms with Crippen LogP contribution < -0.4 is 5.32 Å². The maximum Gasteiger partial charge on any atom is 0.289 e. The Morgan fingerprint density at radius 2 is 1.88 bits per heavy atom. The van der Waals surface area contributed by atoms with Crippen LogP contribution >= 0.6 is 0 Å². The van der Waals surface area contributed by atoms with E-state index in [-0.39, 0.29) is 11.8 Å². The van der Waals surface area contributed by atoms with E-state index in [2.05, 4.69) is 16.9 Å². The first-order valence-corrected chi connectivity index (χ1v) is 8.12. The van der Waals surface area contributed by atoms with Gasteiger partial charge in [-0.05, 0) is 24.3 Å². The second-order valence-corrected chi connectivity index (χ2v) is 5.66. The van der Waals surface area contributed by atoms with Crippen LogP contribution in [-0.4, -0.2) is 59.3 Å². The third-order valence-electron chi connectivity index (χ3n) is 4.02. The van der Waals surface area contributed by atoms with E-state index in [0.717, 1.165) is 5.69 Å². The van der Waals surface area contributed by atoms with Crippen molar-refractivity contribution in [2.24, 2.45) is 0 Å². The number of hydrogen-bond acceptors (Lipinski definition) is 5. The number of amides is 2. The van der Waals surface area contributed by atoms with Crippen LogP contribution in [-0.2, 0) is 0 Å². The van der Waals surface area contributed by atoms with Crippen molar-refractivity contribution >= 4 is 17.5 Å². The van der Waals surface area contributed by atoms with E-state index in [4.69, 9.17) is 4.42 Å². The molecule has 1 fully saturated rings. The zero-order valence-corrected chi connectivity index (χ0v) is 13.9. The number of carbonyl (C=O) groups excluding carboxylic acids is 2. The summed E-state index contributed by atoms with van der Waals surface area (Å²) in [6.45, 7) is 6.18. The summed E-state index contributed by atoms with van der Waals surface area (Å²) >= 11 is 0. The molecular weight excluding hydrogens is 320 g/mol. The van der Waals surface area contributed by atoms with Gasteiger partial charge in [0.2, 0.25) is 0 Å². The van der Waals surface area contributed by atoms with E-state index in [1.807, 2.05) is 6.07 Å². The Labute approximate surface area is 145 Å². The second-order valence-electron chi connectivity index (χ2n) is 5.66. The molecule has 1 N–H and O–H groups in total. The number of rotatable bonds is 5. The minimum Gasteiger partial charge on any atom is -0.459 e. The fourth-order valence-corrected chi connectivity index (χ4v) is 2.65. The predicted octanol–water partition coefficient (Wildman–Crippen LogP) is 1.87. The largest absolute Gasteiger partial charge is 0.459 e. The molecule has 0 aromatic carbocycles. The fourth-order valence-electron chi connectivity index (χ4n) is 2.65. The van der Waals surface area contributed by atoms with E-state index in [0.29, 0.717) is 44.2 Å². The number of hydrogen-bond donors (Lipinski definition) is 1. The molecule has 1 aliphatic heterocycles. The van der Waals surface area contributed by atoms with Gasteiger partial charge in [0.1, 0.15) is 5.69 Å². The topological polar surface area (TPSA) is 78.7 Å². The molecule has 0 atom stereocenters. The van der Waals surface area contributed by atoms with Gasteiger partial charge in [-0.3, -0.25) is 9.59 Å². The maximum atomic E-state index is 12.5. The van der Waals surface area contributed by atoms with Crippen LogP contribution in [0.4, 0.5) is 5.69 Å². The van der Waals surface area contributed by atoms with Crippen LogP contribution in [0.15, 0.2) is 53.8 Å². The Morgan fingerprint density at radius 1 is 1.16 bits per heavy atom. The fraction of sp³-hybridized carbons (Fsp3) is 0.278. The molecular formula is C18H20N4O3. The smallest absolute Gasteiger partial charge is 0.289 e. The minimum atomic E-state index is -0.145. The lowest BCUT2D eigenvalue weighted by molar-refractivity contribution is 0.0515. The molecule has 1 saturated heterocycles. The van der Waals surface area contributed by atoms with Crippen molar-refractivity contribution in [3.05, 3.63) is 60.8 Å². The number of furan rings is 1. The molecule has 3 rings (SSSR count). The molecule has 2 aromatic heterocycles. The molecule has 0 radical (unpaired) electrons. The SMILES string of the molecule is C=CCNc1ccc(C(=O)N2CCN(C(=O)c3ccco3)CC2)nc1. The summed E-state index contributed by atoms with van der Waals surface area (Å²) in [5.74, 6) is 0.0531. The van der Waals surface area contributed by atoms with Crippen LogP contribution in [0.3, 0.4) is 0 Å². The first-order chi connectivity index (χ1) is 12.2. The van der Waals surface area contributed by atoms with Gasteiger partial charge >= 0.3 is 0 Å². The molecule has 25 heavy (non-hydrogen) atoms. The molecule has 0 saturated carbocycles. The van der Waals surface area contributed by atoms with Gasteiger partial charge in [0, 0.05) is 32.7 Å². The lowest BCUT2D eigenvalue weighted by atomic mass is 10.2. The lowest BCUT2D eigenvalue weighted by Gasteiger charge is -2.34. The van der Waals surface area contributed by atoms with Crippen molar-refractivity contribution in [1.82, 2.24) is 14.8 Å².